The monoisotopic (exact) mass is 284 g/mol. The maximum atomic E-state index is 12.5. The second kappa shape index (κ2) is 6.39. The first-order valence-electron chi connectivity index (χ1n) is 6.87. The molecule has 2 aromatic rings. The third kappa shape index (κ3) is 3.40. The van der Waals surface area contributed by atoms with Crippen molar-refractivity contribution in [2.75, 3.05) is 14.2 Å². The van der Waals surface area contributed by atoms with Gasteiger partial charge in [0.05, 0.1) is 13.2 Å². The Hall–Kier alpha value is -2.36. The van der Waals surface area contributed by atoms with Crippen molar-refractivity contribution in [2.24, 2.45) is 0 Å². The highest BCUT2D eigenvalue weighted by Crippen LogP contribution is 2.22. The predicted octanol–water partition coefficient (Wildman–Crippen LogP) is 3.23. The van der Waals surface area contributed by atoms with Gasteiger partial charge in [0.2, 0.25) is 0 Å². The normalized spacial score (nSPS) is 11.8. The maximum Gasteiger partial charge on any atom is 0.272 e. The Labute approximate surface area is 125 Å². The Kier molecular flexibility index (Phi) is 4.58. The number of carbonyl (C=O) groups excluding carboxylic acids is 1. The van der Waals surface area contributed by atoms with Crippen molar-refractivity contribution in [2.45, 2.75) is 19.9 Å². The van der Waals surface area contributed by atoms with E-state index in [1.165, 1.54) is 0 Å². The zero-order chi connectivity index (χ0) is 15.4. The van der Waals surface area contributed by atoms with Crippen LogP contribution in [0.15, 0.2) is 42.5 Å². The van der Waals surface area contributed by atoms with Crippen LogP contribution in [0.2, 0.25) is 0 Å². The average molecular weight is 284 g/mol. The number of hydrogen-bond donors (Lipinski definition) is 0. The summed E-state index contributed by atoms with van der Waals surface area (Å²) in [7, 11) is 3.43. The number of carbonyl (C=O) groups is 1. The summed E-state index contributed by atoms with van der Waals surface area (Å²) < 4.78 is 5.15. The standard InChI is InChI=1S/C17H20N2O2/c1-12-6-5-7-16(18-12)17(20)19(3)13(2)14-8-10-15(21-4)11-9-14/h5-11,13H,1-4H3. The van der Waals surface area contributed by atoms with Crippen molar-refractivity contribution < 1.29 is 9.53 Å². The van der Waals surface area contributed by atoms with Crippen LogP contribution in [0.4, 0.5) is 0 Å². The molecule has 2 rings (SSSR count). The first kappa shape index (κ1) is 15.0. The van der Waals surface area contributed by atoms with Gasteiger partial charge in [-0.25, -0.2) is 4.98 Å². The van der Waals surface area contributed by atoms with Crippen molar-refractivity contribution >= 4 is 5.91 Å². The lowest BCUT2D eigenvalue weighted by molar-refractivity contribution is 0.0736. The summed E-state index contributed by atoms with van der Waals surface area (Å²) in [5.74, 6) is 0.724. The number of pyridine rings is 1. The van der Waals surface area contributed by atoms with Gasteiger partial charge in [-0.1, -0.05) is 18.2 Å². The van der Waals surface area contributed by atoms with Crippen molar-refractivity contribution in [1.82, 2.24) is 9.88 Å². The third-order valence-corrected chi connectivity index (χ3v) is 3.61. The van der Waals surface area contributed by atoms with E-state index in [0.717, 1.165) is 17.0 Å². The SMILES string of the molecule is COc1ccc(C(C)N(C)C(=O)c2cccc(C)n2)cc1. The first-order valence-corrected chi connectivity index (χ1v) is 6.87. The van der Waals surface area contributed by atoms with Gasteiger partial charge in [0, 0.05) is 12.7 Å². The number of ether oxygens (including phenoxy) is 1. The van der Waals surface area contributed by atoms with E-state index in [4.69, 9.17) is 4.74 Å². The number of rotatable bonds is 4. The van der Waals surface area contributed by atoms with Crippen LogP contribution in [0, 0.1) is 6.92 Å². The largest absolute Gasteiger partial charge is 0.497 e. The summed E-state index contributed by atoms with van der Waals surface area (Å²) >= 11 is 0. The van der Waals surface area contributed by atoms with E-state index >= 15 is 0 Å². The molecule has 21 heavy (non-hydrogen) atoms. The third-order valence-electron chi connectivity index (χ3n) is 3.61. The molecule has 0 aliphatic carbocycles. The van der Waals surface area contributed by atoms with Gasteiger partial charge in [-0.05, 0) is 43.7 Å². The molecular weight excluding hydrogens is 264 g/mol. The Morgan fingerprint density at radius 2 is 1.86 bits per heavy atom. The molecule has 0 saturated heterocycles. The van der Waals surface area contributed by atoms with Crippen molar-refractivity contribution in [3.8, 4) is 5.75 Å². The van der Waals surface area contributed by atoms with Gasteiger partial charge in [0.1, 0.15) is 11.4 Å². The molecule has 0 bridgehead atoms. The molecule has 1 amide bonds. The molecule has 1 aromatic heterocycles. The molecule has 1 heterocycles. The highest BCUT2D eigenvalue weighted by atomic mass is 16.5. The van der Waals surface area contributed by atoms with Crippen molar-refractivity contribution in [1.29, 1.82) is 0 Å². The van der Waals surface area contributed by atoms with Crippen LogP contribution in [0.25, 0.3) is 0 Å². The molecule has 0 radical (unpaired) electrons. The number of methoxy groups -OCH3 is 1. The lowest BCUT2D eigenvalue weighted by Gasteiger charge is -2.25. The molecule has 4 heteroatoms. The minimum absolute atomic E-state index is 0.0364. The lowest BCUT2D eigenvalue weighted by atomic mass is 10.1. The number of aromatic nitrogens is 1. The molecule has 0 saturated carbocycles. The highest BCUT2D eigenvalue weighted by molar-refractivity contribution is 5.92. The average Bonchev–Trinajstić information content (AvgIpc) is 2.53. The zero-order valence-electron chi connectivity index (χ0n) is 12.8. The van der Waals surface area contributed by atoms with Crippen LogP contribution in [0.3, 0.4) is 0 Å². The van der Waals surface area contributed by atoms with Crippen LogP contribution in [0.1, 0.15) is 34.7 Å². The topological polar surface area (TPSA) is 42.4 Å². The smallest absolute Gasteiger partial charge is 0.272 e. The summed E-state index contributed by atoms with van der Waals surface area (Å²) in [6.45, 7) is 3.87. The van der Waals surface area contributed by atoms with Crippen LogP contribution >= 0.6 is 0 Å². The van der Waals surface area contributed by atoms with E-state index in [1.54, 1.807) is 25.1 Å². The summed E-state index contributed by atoms with van der Waals surface area (Å²) in [4.78, 5) is 18.5. The first-order chi connectivity index (χ1) is 10.0. The van der Waals surface area contributed by atoms with Crippen LogP contribution in [-0.2, 0) is 0 Å². The van der Waals surface area contributed by atoms with Crippen LogP contribution in [0.5, 0.6) is 5.75 Å². The maximum absolute atomic E-state index is 12.5. The molecule has 0 fully saturated rings. The summed E-state index contributed by atoms with van der Waals surface area (Å²) in [6.07, 6.45) is 0. The van der Waals surface area contributed by atoms with Gasteiger partial charge >= 0.3 is 0 Å². The van der Waals surface area contributed by atoms with Gasteiger partial charge in [0.25, 0.3) is 5.91 Å². The minimum Gasteiger partial charge on any atom is -0.497 e. The molecule has 0 spiro atoms. The fourth-order valence-corrected chi connectivity index (χ4v) is 2.12. The Morgan fingerprint density at radius 3 is 2.43 bits per heavy atom. The van der Waals surface area contributed by atoms with E-state index in [0.29, 0.717) is 5.69 Å². The summed E-state index contributed by atoms with van der Waals surface area (Å²) in [5.41, 5.74) is 2.36. The predicted molar refractivity (Wildman–Crippen MR) is 82.5 cm³/mol. The molecule has 0 N–H and O–H groups in total. The summed E-state index contributed by atoms with van der Waals surface area (Å²) in [5, 5.41) is 0. The van der Waals surface area contributed by atoms with Crippen molar-refractivity contribution in [3.05, 3.63) is 59.4 Å². The quantitative estimate of drug-likeness (QED) is 0.865. The lowest BCUT2D eigenvalue weighted by Crippen LogP contribution is -2.30. The van der Waals surface area contributed by atoms with Gasteiger partial charge < -0.3 is 9.64 Å². The minimum atomic E-state index is -0.0815. The van der Waals surface area contributed by atoms with Gasteiger partial charge in [-0.15, -0.1) is 0 Å². The Bertz CT molecular complexity index is 623. The van der Waals surface area contributed by atoms with E-state index in [2.05, 4.69) is 4.98 Å². The van der Waals surface area contributed by atoms with Crippen LogP contribution < -0.4 is 4.74 Å². The van der Waals surface area contributed by atoms with Gasteiger partial charge in [-0.3, -0.25) is 4.79 Å². The molecule has 0 aliphatic rings. The molecule has 1 unspecified atom stereocenters. The summed E-state index contributed by atoms with van der Waals surface area (Å²) in [6, 6.07) is 13.2. The molecule has 1 atom stereocenters. The zero-order valence-corrected chi connectivity index (χ0v) is 12.8. The van der Waals surface area contributed by atoms with Gasteiger partial charge in [0.15, 0.2) is 0 Å². The molecule has 110 valence electrons. The van der Waals surface area contributed by atoms with E-state index < -0.39 is 0 Å². The fourth-order valence-electron chi connectivity index (χ4n) is 2.12. The number of amides is 1. The molecule has 0 aliphatic heterocycles. The van der Waals surface area contributed by atoms with Crippen LogP contribution in [-0.4, -0.2) is 29.9 Å². The second-order valence-corrected chi connectivity index (χ2v) is 5.03. The van der Waals surface area contributed by atoms with E-state index in [1.807, 2.05) is 50.2 Å². The number of benzene rings is 1. The Morgan fingerprint density at radius 1 is 1.19 bits per heavy atom. The number of aryl methyl sites for hydroxylation is 1. The second-order valence-electron chi connectivity index (χ2n) is 5.03. The van der Waals surface area contributed by atoms with E-state index in [9.17, 15) is 4.79 Å². The fraction of sp³-hybridized carbons (Fsp3) is 0.294. The molecule has 4 nitrogen and oxygen atoms in total. The number of nitrogens with zero attached hydrogens (tertiary/aromatic N) is 2. The highest BCUT2D eigenvalue weighted by Gasteiger charge is 2.19. The molecular formula is C17H20N2O2. The number of hydrogen-bond acceptors (Lipinski definition) is 3. The van der Waals surface area contributed by atoms with Crippen molar-refractivity contribution in [3.63, 3.8) is 0 Å². The van der Waals surface area contributed by atoms with Gasteiger partial charge in [-0.2, -0.15) is 0 Å². The van der Waals surface area contributed by atoms with E-state index in [-0.39, 0.29) is 11.9 Å². The molecule has 1 aromatic carbocycles. The Balaban J connectivity index is 2.17.